The van der Waals surface area contributed by atoms with Crippen LogP contribution in [0.2, 0.25) is 0 Å². The van der Waals surface area contributed by atoms with Crippen LogP contribution in [0.25, 0.3) is 10.9 Å². The van der Waals surface area contributed by atoms with Gasteiger partial charge in [-0.05, 0) is 24.8 Å². The molecule has 2 aromatic rings. The van der Waals surface area contributed by atoms with Gasteiger partial charge in [0, 0.05) is 22.8 Å². The zero-order valence-electron chi connectivity index (χ0n) is 13.0. The minimum Gasteiger partial charge on any atom is -0.386 e. The van der Waals surface area contributed by atoms with Crippen LogP contribution in [-0.4, -0.2) is 40.2 Å². The van der Waals surface area contributed by atoms with Crippen molar-refractivity contribution in [1.29, 1.82) is 0 Å². The Labute approximate surface area is 138 Å². The van der Waals surface area contributed by atoms with Gasteiger partial charge in [0.1, 0.15) is 6.10 Å². The van der Waals surface area contributed by atoms with Crippen LogP contribution < -0.4 is 0 Å². The highest BCUT2D eigenvalue weighted by Crippen LogP contribution is 2.32. The molecule has 1 heterocycles. The van der Waals surface area contributed by atoms with Crippen LogP contribution in [-0.2, 0) is 10.0 Å². The van der Waals surface area contributed by atoms with Crippen LogP contribution in [0.3, 0.4) is 0 Å². The Morgan fingerprint density at radius 1 is 1.39 bits per heavy atom. The minimum atomic E-state index is -3.66. The summed E-state index contributed by atoms with van der Waals surface area (Å²) in [6, 6.07) is 4.32. The molecule has 0 bridgehead atoms. The number of hydrogen-bond acceptors (Lipinski definition) is 6. The molecule has 0 saturated carbocycles. The molecule has 1 unspecified atom stereocenters. The van der Waals surface area contributed by atoms with Crippen molar-refractivity contribution in [1.82, 2.24) is 3.97 Å². The SMILES string of the molecule is CCSCC(O)c1cc2cc([N+](=O)[O-])c(C)cc2n1S(C)(=O)=O. The summed E-state index contributed by atoms with van der Waals surface area (Å²) in [5.41, 5.74) is 0.857. The van der Waals surface area contributed by atoms with E-state index in [0.717, 1.165) is 16.0 Å². The smallest absolute Gasteiger partial charge is 0.273 e. The second-order valence-corrected chi connectivity index (χ2v) is 8.38. The Hall–Kier alpha value is -1.58. The predicted octanol–water partition coefficient (Wildman–Crippen LogP) is 2.45. The van der Waals surface area contributed by atoms with Crippen molar-refractivity contribution >= 4 is 38.4 Å². The van der Waals surface area contributed by atoms with Crippen LogP contribution in [0.1, 0.15) is 24.3 Å². The zero-order chi connectivity index (χ0) is 17.4. The number of aryl methyl sites for hydroxylation is 1. The highest BCUT2D eigenvalue weighted by atomic mass is 32.2. The third kappa shape index (κ3) is 3.51. The van der Waals surface area contributed by atoms with Crippen molar-refractivity contribution in [3.8, 4) is 0 Å². The van der Waals surface area contributed by atoms with E-state index in [4.69, 9.17) is 0 Å². The van der Waals surface area contributed by atoms with E-state index in [0.29, 0.717) is 22.2 Å². The van der Waals surface area contributed by atoms with Gasteiger partial charge in [-0.1, -0.05) is 6.92 Å². The zero-order valence-corrected chi connectivity index (χ0v) is 14.6. The topological polar surface area (TPSA) is 102 Å². The summed E-state index contributed by atoms with van der Waals surface area (Å²) in [6.45, 7) is 3.50. The van der Waals surface area contributed by atoms with E-state index in [-0.39, 0.29) is 11.4 Å². The number of fused-ring (bicyclic) bond motifs is 1. The lowest BCUT2D eigenvalue weighted by atomic mass is 10.1. The average Bonchev–Trinajstić information content (AvgIpc) is 2.81. The van der Waals surface area contributed by atoms with Gasteiger partial charge in [-0.3, -0.25) is 10.1 Å². The maximum absolute atomic E-state index is 12.1. The van der Waals surface area contributed by atoms with Crippen molar-refractivity contribution in [3.05, 3.63) is 39.6 Å². The van der Waals surface area contributed by atoms with E-state index >= 15 is 0 Å². The molecule has 1 atom stereocenters. The molecule has 7 nitrogen and oxygen atoms in total. The van der Waals surface area contributed by atoms with Gasteiger partial charge in [-0.25, -0.2) is 12.4 Å². The van der Waals surface area contributed by atoms with E-state index < -0.39 is 21.1 Å². The van der Waals surface area contributed by atoms with Gasteiger partial charge in [0.15, 0.2) is 0 Å². The Balaban J connectivity index is 2.74. The molecule has 0 fully saturated rings. The number of aromatic nitrogens is 1. The predicted molar refractivity (Wildman–Crippen MR) is 91.5 cm³/mol. The molecule has 0 saturated heterocycles. The van der Waals surface area contributed by atoms with E-state index in [1.165, 1.54) is 30.0 Å². The lowest BCUT2D eigenvalue weighted by Gasteiger charge is -2.13. The maximum Gasteiger partial charge on any atom is 0.273 e. The molecule has 0 aliphatic heterocycles. The number of rotatable bonds is 6. The molecule has 0 radical (unpaired) electrons. The highest BCUT2D eigenvalue weighted by Gasteiger charge is 2.24. The first-order valence-electron chi connectivity index (χ1n) is 6.93. The van der Waals surface area contributed by atoms with Gasteiger partial charge < -0.3 is 5.11 Å². The van der Waals surface area contributed by atoms with Crippen LogP contribution in [0.4, 0.5) is 5.69 Å². The summed E-state index contributed by atoms with van der Waals surface area (Å²) < 4.78 is 25.4. The average molecular weight is 358 g/mol. The quantitative estimate of drug-likeness (QED) is 0.628. The molecule has 0 spiro atoms. The normalized spacial score (nSPS) is 13.4. The fraction of sp³-hybridized carbons (Fsp3) is 0.429. The summed E-state index contributed by atoms with van der Waals surface area (Å²) in [6.07, 6.45) is 0.0771. The van der Waals surface area contributed by atoms with Gasteiger partial charge in [0.05, 0.1) is 22.4 Å². The molecule has 0 aliphatic carbocycles. The second-order valence-electron chi connectivity index (χ2n) is 5.23. The van der Waals surface area contributed by atoms with E-state index in [1.807, 2.05) is 6.92 Å². The number of aliphatic hydroxyl groups excluding tert-OH is 1. The molecule has 126 valence electrons. The lowest BCUT2D eigenvalue weighted by molar-refractivity contribution is -0.385. The van der Waals surface area contributed by atoms with Crippen LogP contribution >= 0.6 is 11.8 Å². The largest absolute Gasteiger partial charge is 0.386 e. The lowest BCUT2D eigenvalue weighted by Crippen LogP contribution is -2.16. The third-order valence-electron chi connectivity index (χ3n) is 3.45. The van der Waals surface area contributed by atoms with Gasteiger partial charge in [0.2, 0.25) is 10.0 Å². The number of nitrogens with zero attached hydrogens (tertiary/aromatic N) is 2. The van der Waals surface area contributed by atoms with Crippen molar-refractivity contribution in [2.45, 2.75) is 20.0 Å². The third-order valence-corrected chi connectivity index (χ3v) is 5.48. The standard InChI is InChI=1S/C14H18N2O5S2/c1-4-22-8-14(17)13-7-10-6-11(16(18)19)9(2)5-12(10)15(13)23(3,20)21/h5-7,14,17H,4,8H2,1-3H3. The molecular formula is C14H18N2O5S2. The van der Waals surface area contributed by atoms with Gasteiger partial charge in [-0.2, -0.15) is 11.8 Å². The molecule has 23 heavy (non-hydrogen) atoms. The van der Waals surface area contributed by atoms with Crippen LogP contribution in [0.15, 0.2) is 18.2 Å². The summed E-state index contributed by atoms with van der Waals surface area (Å²) in [5, 5.41) is 21.8. The molecule has 1 aromatic carbocycles. The summed E-state index contributed by atoms with van der Waals surface area (Å²) in [7, 11) is -3.66. The highest BCUT2D eigenvalue weighted by molar-refractivity contribution is 7.99. The molecule has 2 rings (SSSR count). The number of thioether (sulfide) groups is 1. The second kappa shape index (κ2) is 6.50. The van der Waals surface area contributed by atoms with Crippen molar-refractivity contribution < 1.29 is 18.4 Å². The first-order valence-corrected chi connectivity index (χ1v) is 9.93. The maximum atomic E-state index is 12.1. The summed E-state index contributed by atoms with van der Waals surface area (Å²) >= 11 is 1.49. The molecule has 1 aromatic heterocycles. The summed E-state index contributed by atoms with van der Waals surface area (Å²) in [4.78, 5) is 10.6. The number of nitro groups is 1. The van der Waals surface area contributed by atoms with Crippen LogP contribution in [0, 0.1) is 17.0 Å². The fourth-order valence-electron chi connectivity index (χ4n) is 2.46. The number of aliphatic hydroxyl groups is 1. The Morgan fingerprint density at radius 2 is 2.04 bits per heavy atom. The fourth-order valence-corrected chi connectivity index (χ4v) is 4.16. The number of hydrogen-bond donors (Lipinski definition) is 1. The first-order chi connectivity index (χ1) is 10.7. The minimum absolute atomic E-state index is 0.0767. The van der Waals surface area contributed by atoms with E-state index in [9.17, 15) is 23.6 Å². The van der Waals surface area contributed by atoms with E-state index in [1.54, 1.807) is 6.92 Å². The first kappa shape index (κ1) is 17.8. The molecule has 1 N–H and O–H groups in total. The number of nitro benzene ring substituents is 1. The van der Waals surface area contributed by atoms with Gasteiger partial charge >= 0.3 is 0 Å². The van der Waals surface area contributed by atoms with Gasteiger partial charge in [0.25, 0.3) is 5.69 Å². The molecular weight excluding hydrogens is 340 g/mol. The Morgan fingerprint density at radius 3 is 2.57 bits per heavy atom. The van der Waals surface area contributed by atoms with Crippen LogP contribution in [0.5, 0.6) is 0 Å². The van der Waals surface area contributed by atoms with E-state index in [2.05, 4.69) is 0 Å². The van der Waals surface area contributed by atoms with Gasteiger partial charge in [-0.15, -0.1) is 0 Å². The van der Waals surface area contributed by atoms with Crippen molar-refractivity contribution in [2.24, 2.45) is 0 Å². The number of benzene rings is 1. The summed E-state index contributed by atoms with van der Waals surface area (Å²) in [5.74, 6) is 1.14. The molecule has 0 amide bonds. The Bertz CT molecular complexity index is 858. The van der Waals surface area contributed by atoms with Crippen molar-refractivity contribution in [2.75, 3.05) is 17.8 Å². The Kier molecular flexibility index (Phi) is 5.02. The molecule has 9 heteroatoms. The van der Waals surface area contributed by atoms with Crippen molar-refractivity contribution in [3.63, 3.8) is 0 Å². The molecule has 0 aliphatic rings. The monoisotopic (exact) mass is 358 g/mol.